The second kappa shape index (κ2) is 5.16. The number of para-hydroxylation sites is 1. The molecule has 0 unspecified atom stereocenters. The van der Waals surface area contributed by atoms with Gasteiger partial charge in [0.1, 0.15) is 0 Å². The second-order valence-electron chi connectivity index (χ2n) is 5.04. The lowest BCUT2D eigenvalue weighted by atomic mass is 10.1. The van der Waals surface area contributed by atoms with E-state index in [1.165, 1.54) is 12.1 Å². The maximum absolute atomic E-state index is 13.7. The lowest BCUT2D eigenvalue weighted by molar-refractivity contribution is -0.117. The molecule has 0 atom stereocenters. The van der Waals surface area contributed by atoms with Gasteiger partial charge in [0.2, 0.25) is 5.91 Å². The maximum atomic E-state index is 13.7. The number of hydrogen-bond acceptors (Lipinski definition) is 2. The molecule has 3 nitrogen and oxygen atoms in total. The number of carbonyl (C=O) groups is 1. The molecule has 0 saturated heterocycles. The molecule has 1 amide bonds. The summed E-state index contributed by atoms with van der Waals surface area (Å²) < 4.78 is 26.8. The van der Waals surface area contributed by atoms with Crippen LogP contribution in [0.1, 0.15) is 11.1 Å². The quantitative estimate of drug-likeness (QED) is 0.864. The number of carbonyl (C=O) groups excluding carboxylic acids is 1. The summed E-state index contributed by atoms with van der Waals surface area (Å²) in [5.41, 5.74) is 8.20. The van der Waals surface area contributed by atoms with Gasteiger partial charge in [-0.05, 0) is 24.1 Å². The highest BCUT2D eigenvalue weighted by atomic mass is 19.2. The van der Waals surface area contributed by atoms with E-state index in [2.05, 4.69) is 0 Å². The minimum Gasteiger partial charge on any atom is -0.397 e. The normalized spacial score (nSPS) is 13.3. The number of hydrogen-bond donors (Lipinski definition) is 1. The number of nitrogens with zero attached hydrogens (tertiary/aromatic N) is 1. The van der Waals surface area contributed by atoms with Gasteiger partial charge in [0, 0.05) is 12.1 Å². The Hall–Kier alpha value is -2.43. The Balaban J connectivity index is 1.87. The van der Waals surface area contributed by atoms with Gasteiger partial charge in [-0.15, -0.1) is 0 Å². The molecule has 0 fully saturated rings. The topological polar surface area (TPSA) is 46.3 Å². The summed E-state index contributed by atoms with van der Waals surface area (Å²) in [5, 5.41) is 0. The number of amides is 1. The molecular weight excluding hydrogens is 274 g/mol. The lowest BCUT2D eigenvalue weighted by Crippen LogP contribution is -2.31. The zero-order valence-corrected chi connectivity index (χ0v) is 11.3. The Morgan fingerprint density at radius 1 is 1.19 bits per heavy atom. The van der Waals surface area contributed by atoms with Crippen LogP contribution in [0.2, 0.25) is 0 Å². The minimum absolute atomic E-state index is 0.0583. The van der Waals surface area contributed by atoms with Gasteiger partial charge in [-0.2, -0.15) is 0 Å². The SMILES string of the molecule is Nc1cccc2c1N(C(=O)Cc1cccc(F)c1F)CC2. The van der Waals surface area contributed by atoms with Gasteiger partial charge < -0.3 is 10.6 Å². The van der Waals surface area contributed by atoms with Crippen LogP contribution >= 0.6 is 0 Å². The van der Waals surface area contributed by atoms with Crippen molar-refractivity contribution in [3.8, 4) is 0 Å². The molecule has 0 aliphatic carbocycles. The van der Waals surface area contributed by atoms with Crippen molar-refractivity contribution in [3.05, 3.63) is 59.2 Å². The number of nitrogens with two attached hydrogens (primary N) is 1. The van der Waals surface area contributed by atoms with Gasteiger partial charge in [0.05, 0.1) is 17.8 Å². The summed E-state index contributed by atoms with van der Waals surface area (Å²) in [5.74, 6) is -2.19. The van der Waals surface area contributed by atoms with Gasteiger partial charge in [-0.3, -0.25) is 4.79 Å². The fourth-order valence-corrected chi connectivity index (χ4v) is 2.68. The first-order valence-electron chi connectivity index (χ1n) is 6.68. The highest BCUT2D eigenvalue weighted by Gasteiger charge is 2.27. The summed E-state index contributed by atoms with van der Waals surface area (Å²) >= 11 is 0. The van der Waals surface area contributed by atoms with Crippen LogP contribution in [0.25, 0.3) is 0 Å². The summed E-state index contributed by atoms with van der Waals surface area (Å²) in [7, 11) is 0. The third-order valence-corrected chi connectivity index (χ3v) is 3.70. The van der Waals surface area contributed by atoms with E-state index in [4.69, 9.17) is 5.73 Å². The number of rotatable bonds is 2. The molecule has 1 aliphatic rings. The molecule has 21 heavy (non-hydrogen) atoms. The van der Waals surface area contributed by atoms with Crippen molar-refractivity contribution in [2.24, 2.45) is 0 Å². The summed E-state index contributed by atoms with van der Waals surface area (Å²) in [4.78, 5) is 13.9. The predicted molar refractivity (Wildman–Crippen MR) is 77.0 cm³/mol. The molecule has 2 aromatic carbocycles. The molecule has 2 aromatic rings. The number of anilines is 2. The van der Waals surface area contributed by atoms with E-state index < -0.39 is 11.6 Å². The van der Waals surface area contributed by atoms with Gasteiger partial charge in [0.15, 0.2) is 11.6 Å². The molecule has 1 heterocycles. The van der Waals surface area contributed by atoms with Crippen molar-refractivity contribution < 1.29 is 13.6 Å². The molecule has 1 aliphatic heterocycles. The molecule has 2 N–H and O–H groups in total. The van der Waals surface area contributed by atoms with Crippen LogP contribution in [0, 0.1) is 11.6 Å². The maximum Gasteiger partial charge on any atom is 0.231 e. The summed E-state index contributed by atoms with van der Waals surface area (Å²) in [6, 6.07) is 9.34. The largest absolute Gasteiger partial charge is 0.397 e. The zero-order chi connectivity index (χ0) is 15.0. The first-order valence-corrected chi connectivity index (χ1v) is 6.68. The van der Waals surface area contributed by atoms with Crippen molar-refractivity contribution >= 4 is 17.3 Å². The highest BCUT2D eigenvalue weighted by molar-refractivity contribution is 5.99. The van der Waals surface area contributed by atoms with Crippen LogP contribution in [0.15, 0.2) is 36.4 Å². The Morgan fingerprint density at radius 3 is 2.76 bits per heavy atom. The summed E-state index contributed by atoms with van der Waals surface area (Å²) in [6.45, 7) is 0.513. The van der Waals surface area contributed by atoms with E-state index in [9.17, 15) is 13.6 Å². The van der Waals surface area contributed by atoms with Crippen molar-refractivity contribution in [2.75, 3.05) is 17.2 Å². The second-order valence-corrected chi connectivity index (χ2v) is 5.04. The molecule has 0 saturated carbocycles. The number of fused-ring (bicyclic) bond motifs is 1. The predicted octanol–water partition coefficient (Wildman–Crippen LogP) is 2.68. The average Bonchev–Trinajstić information content (AvgIpc) is 2.89. The van der Waals surface area contributed by atoms with E-state index >= 15 is 0 Å². The number of halogens is 2. The smallest absolute Gasteiger partial charge is 0.231 e. The van der Waals surface area contributed by atoms with Crippen molar-refractivity contribution in [2.45, 2.75) is 12.8 Å². The van der Waals surface area contributed by atoms with Gasteiger partial charge in [0.25, 0.3) is 0 Å². The van der Waals surface area contributed by atoms with E-state index in [0.29, 0.717) is 17.9 Å². The highest BCUT2D eigenvalue weighted by Crippen LogP contribution is 2.34. The van der Waals surface area contributed by atoms with E-state index in [-0.39, 0.29) is 17.9 Å². The van der Waals surface area contributed by atoms with Crippen LogP contribution in [0.5, 0.6) is 0 Å². The van der Waals surface area contributed by atoms with Crippen LogP contribution in [0.3, 0.4) is 0 Å². The fourth-order valence-electron chi connectivity index (χ4n) is 2.68. The van der Waals surface area contributed by atoms with Crippen LogP contribution in [-0.4, -0.2) is 12.5 Å². The first kappa shape index (κ1) is 13.5. The zero-order valence-electron chi connectivity index (χ0n) is 11.3. The third kappa shape index (κ3) is 2.35. The van der Waals surface area contributed by atoms with Gasteiger partial charge in [-0.25, -0.2) is 8.78 Å². The molecule has 3 rings (SSSR count). The molecule has 108 valence electrons. The summed E-state index contributed by atoms with van der Waals surface area (Å²) in [6.07, 6.45) is 0.537. The third-order valence-electron chi connectivity index (χ3n) is 3.70. The van der Waals surface area contributed by atoms with E-state index in [0.717, 1.165) is 18.1 Å². The molecule has 5 heteroatoms. The van der Waals surface area contributed by atoms with Gasteiger partial charge in [-0.1, -0.05) is 24.3 Å². The monoisotopic (exact) mass is 288 g/mol. The lowest BCUT2D eigenvalue weighted by Gasteiger charge is -2.19. The van der Waals surface area contributed by atoms with Gasteiger partial charge >= 0.3 is 0 Å². The first-order chi connectivity index (χ1) is 10.1. The van der Waals surface area contributed by atoms with E-state index in [1.807, 2.05) is 12.1 Å². The Bertz CT molecular complexity index is 715. The van der Waals surface area contributed by atoms with E-state index in [1.54, 1.807) is 11.0 Å². The van der Waals surface area contributed by atoms with Crippen LogP contribution in [0.4, 0.5) is 20.2 Å². The number of nitrogen functional groups attached to an aromatic ring is 1. The molecular formula is C16H14F2N2O. The Kier molecular flexibility index (Phi) is 3.33. The fraction of sp³-hybridized carbons (Fsp3) is 0.188. The van der Waals surface area contributed by atoms with Crippen molar-refractivity contribution in [1.82, 2.24) is 0 Å². The van der Waals surface area contributed by atoms with Crippen LogP contribution < -0.4 is 10.6 Å². The number of benzene rings is 2. The van der Waals surface area contributed by atoms with Crippen LogP contribution in [-0.2, 0) is 17.6 Å². The Morgan fingerprint density at radius 2 is 1.95 bits per heavy atom. The molecule has 0 spiro atoms. The van der Waals surface area contributed by atoms with Crippen molar-refractivity contribution in [3.63, 3.8) is 0 Å². The standard InChI is InChI=1S/C16H14F2N2O/c17-12-5-1-4-11(15(12)18)9-14(21)20-8-7-10-3-2-6-13(19)16(10)20/h1-6H,7-9,19H2. The molecule has 0 radical (unpaired) electrons. The Labute approximate surface area is 121 Å². The molecule has 0 bridgehead atoms. The minimum atomic E-state index is -0.966. The average molecular weight is 288 g/mol. The molecule has 0 aromatic heterocycles. The van der Waals surface area contributed by atoms with Crippen molar-refractivity contribution in [1.29, 1.82) is 0 Å².